The van der Waals surface area contributed by atoms with Gasteiger partial charge in [0.2, 0.25) is 0 Å². The van der Waals surface area contributed by atoms with Crippen LogP contribution in [0.5, 0.6) is 0 Å². The first-order chi connectivity index (χ1) is 5.95. The Balaban J connectivity index is 0.000000653. The summed E-state index contributed by atoms with van der Waals surface area (Å²) in [6, 6.07) is 13.2. The van der Waals surface area contributed by atoms with E-state index in [2.05, 4.69) is 36.4 Å². The van der Waals surface area contributed by atoms with Crippen molar-refractivity contribution in [3.63, 3.8) is 0 Å². The average molecular weight is 282 g/mol. The molecule has 66 valence electrons. The topological polar surface area (TPSA) is 0 Å². The first-order valence-corrected chi connectivity index (χ1v) is 4.45. The van der Waals surface area contributed by atoms with Gasteiger partial charge in [0.25, 0.3) is 0 Å². The van der Waals surface area contributed by atoms with Crippen LogP contribution in [-0.4, -0.2) is 0 Å². The van der Waals surface area contributed by atoms with Gasteiger partial charge in [0.1, 0.15) is 0 Å². The van der Waals surface area contributed by atoms with E-state index in [1.165, 1.54) is 34.7 Å². The van der Waals surface area contributed by atoms with Crippen molar-refractivity contribution in [2.24, 2.45) is 0 Å². The van der Waals surface area contributed by atoms with Gasteiger partial charge in [-0.1, -0.05) is 36.4 Å². The normalized spacial score (nSPS) is 12.9. The summed E-state index contributed by atoms with van der Waals surface area (Å²) >= 11 is 0. The number of hydrogen-bond donors (Lipinski definition) is 0. The van der Waals surface area contributed by atoms with Crippen LogP contribution in [0.3, 0.4) is 0 Å². The Morgan fingerprint density at radius 1 is 0.769 bits per heavy atom. The highest BCUT2D eigenvalue weighted by Crippen LogP contribution is 2.29. The van der Waals surface area contributed by atoms with E-state index in [0.717, 1.165) is 0 Å². The lowest BCUT2D eigenvalue weighted by molar-refractivity contribution is 1.02. The van der Waals surface area contributed by atoms with Gasteiger partial charge in [0, 0.05) is 0 Å². The number of aryl methyl sites for hydroxylation is 2. The molecule has 0 unspecified atom stereocenters. The smallest absolute Gasteiger partial charge is 0.0120 e. The number of halogens is 1. The molecule has 2 aromatic rings. The minimum atomic E-state index is 0. The standard InChI is InChI=1S/C12H10.HI/c1-3-9-4-2-6-11-8-7-10(5-1)12(9)11;/h1-6H,7-8H2;1H. The van der Waals surface area contributed by atoms with Crippen LogP contribution in [0.25, 0.3) is 10.8 Å². The van der Waals surface area contributed by atoms with E-state index in [9.17, 15) is 0 Å². The van der Waals surface area contributed by atoms with Gasteiger partial charge in [-0.2, -0.15) is 0 Å². The van der Waals surface area contributed by atoms with Crippen molar-refractivity contribution in [3.8, 4) is 0 Å². The SMILES string of the molecule is I.c1cc2c3c(cccc3c1)CC2. The third-order valence-corrected chi connectivity index (χ3v) is 2.74. The number of benzene rings is 2. The third kappa shape index (κ3) is 1.26. The van der Waals surface area contributed by atoms with Crippen LogP contribution < -0.4 is 0 Å². The van der Waals surface area contributed by atoms with Crippen molar-refractivity contribution in [2.75, 3.05) is 0 Å². The maximum atomic E-state index is 2.25. The first-order valence-electron chi connectivity index (χ1n) is 4.45. The Kier molecular flexibility index (Phi) is 2.28. The molecule has 0 fully saturated rings. The van der Waals surface area contributed by atoms with Gasteiger partial charge in [-0.3, -0.25) is 0 Å². The maximum absolute atomic E-state index is 2.25. The highest BCUT2D eigenvalue weighted by molar-refractivity contribution is 14.0. The zero-order valence-electron chi connectivity index (χ0n) is 7.29. The molecule has 3 rings (SSSR count). The molecule has 2 aromatic carbocycles. The molecule has 0 saturated heterocycles. The summed E-state index contributed by atoms with van der Waals surface area (Å²) in [5.41, 5.74) is 3.06. The van der Waals surface area contributed by atoms with Crippen molar-refractivity contribution >= 4 is 34.7 Å². The van der Waals surface area contributed by atoms with Crippen LogP contribution in [0.2, 0.25) is 0 Å². The fraction of sp³-hybridized carbons (Fsp3) is 0.167. The van der Waals surface area contributed by atoms with Crippen LogP contribution in [0.15, 0.2) is 36.4 Å². The second kappa shape index (κ2) is 3.29. The number of rotatable bonds is 0. The third-order valence-electron chi connectivity index (χ3n) is 2.74. The van der Waals surface area contributed by atoms with Crippen molar-refractivity contribution in [2.45, 2.75) is 12.8 Å². The Labute approximate surface area is 95.0 Å². The summed E-state index contributed by atoms with van der Waals surface area (Å²) in [7, 11) is 0. The molecule has 1 heteroatoms. The largest absolute Gasteiger partial charge is 0.107 e. The lowest BCUT2D eigenvalue weighted by Gasteiger charge is -1.99. The molecule has 0 aliphatic heterocycles. The molecule has 0 N–H and O–H groups in total. The van der Waals surface area contributed by atoms with E-state index >= 15 is 0 Å². The monoisotopic (exact) mass is 282 g/mol. The molecule has 0 saturated carbocycles. The molecule has 1 aliphatic carbocycles. The van der Waals surface area contributed by atoms with Gasteiger partial charge < -0.3 is 0 Å². The zero-order chi connectivity index (χ0) is 7.97. The van der Waals surface area contributed by atoms with Gasteiger partial charge in [-0.15, -0.1) is 24.0 Å². The van der Waals surface area contributed by atoms with Crippen molar-refractivity contribution in [3.05, 3.63) is 47.5 Å². The van der Waals surface area contributed by atoms with E-state index in [0.29, 0.717) is 0 Å². The second-order valence-corrected chi connectivity index (χ2v) is 3.43. The fourth-order valence-corrected chi connectivity index (χ4v) is 2.19. The molecule has 0 atom stereocenters. The summed E-state index contributed by atoms with van der Waals surface area (Å²) in [6.45, 7) is 0. The van der Waals surface area contributed by atoms with Crippen molar-refractivity contribution < 1.29 is 0 Å². The molecular formula is C12H11I. The summed E-state index contributed by atoms with van der Waals surface area (Å²) in [5.74, 6) is 0. The Bertz CT molecular complexity index is 407. The highest BCUT2D eigenvalue weighted by Gasteiger charge is 2.11. The minimum Gasteiger partial charge on any atom is -0.107 e. The van der Waals surface area contributed by atoms with E-state index in [4.69, 9.17) is 0 Å². The van der Waals surface area contributed by atoms with Crippen LogP contribution >= 0.6 is 24.0 Å². The molecule has 13 heavy (non-hydrogen) atoms. The summed E-state index contributed by atoms with van der Waals surface area (Å²) in [4.78, 5) is 0. The van der Waals surface area contributed by atoms with Crippen LogP contribution in [0, 0.1) is 0 Å². The molecule has 1 aliphatic rings. The molecule has 0 spiro atoms. The van der Waals surface area contributed by atoms with Gasteiger partial charge in [0.15, 0.2) is 0 Å². The molecule has 0 aromatic heterocycles. The summed E-state index contributed by atoms with van der Waals surface area (Å²) in [5, 5.41) is 2.92. The van der Waals surface area contributed by atoms with Crippen LogP contribution in [-0.2, 0) is 12.8 Å². The molecule has 0 bridgehead atoms. The van der Waals surface area contributed by atoms with E-state index < -0.39 is 0 Å². The molecule has 0 amide bonds. The quantitative estimate of drug-likeness (QED) is 0.648. The zero-order valence-corrected chi connectivity index (χ0v) is 9.62. The molecule has 0 nitrogen and oxygen atoms in total. The average Bonchev–Trinajstić information content (AvgIpc) is 2.52. The van der Waals surface area contributed by atoms with E-state index in [-0.39, 0.29) is 24.0 Å². The lowest BCUT2D eigenvalue weighted by atomic mass is 10.1. The van der Waals surface area contributed by atoms with Crippen molar-refractivity contribution in [1.82, 2.24) is 0 Å². The van der Waals surface area contributed by atoms with Crippen molar-refractivity contribution in [1.29, 1.82) is 0 Å². The Morgan fingerprint density at radius 3 is 1.85 bits per heavy atom. The van der Waals surface area contributed by atoms with Crippen LogP contribution in [0.1, 0.15) is 11.1 Å². The van der Waals surface area contributed by atoms with Crippen LogP contribution in [0.4, 0.5) is 0 Å². The first kappa shape index (κ1) is 9.00. The molecular weight excluding hydrogens is 271 g/mol. The van der Waals surface area contributed by atoms with Gasteiger partial charge in [-0.25, -0.2) is 0 Å². The Morgan fingerprint density at radius 2 is 1.31 bits per heavy atom. The number of hydrogen-bond acceptors (Lipinski definition) is 0. The Hall–Kier alpha value is -0.570. The lowest BCUT2D eigenvalue weighted by Crippen LogP contribution is -1.76. The second-order valence-electron chi connectivity index (χ2n) is 3.43. The minimum absolute atomic E-state index is 0. The highest BCUT2D eigenvalue weighted by atomic mass is 127. The van der Waals surface area contributed by atoms with Gasteiger partial charge >= 0.3 is 0 Å². The summed E-state index contributed by atoms with van der Waals surface area (Å²) < 4.78 is 0. The van der Waals surface area contributed by atoms with E-state index in [1.807, 2.05) is 0 Å². The van der Waals surface area contributed by atoms with Gasteiger partial charge in [-0.05, 0) is 34.7 Å². The van der Waals surface area contributed by atoms with E-state index in [1.54, 1.807) is 0 Å². The predicted molar refractivity (Wildman–Crippen MR) is 66.8 cm³/mol. The summed E-state index contributed by atoms with van der Waals surface area (Å²) in [6.07, 6.45) is 2.47. The maximum Gasteiger partial charge on any atom is -0.0120 e. The predicted octanol–water partition coefficient (Wildman–Crippen LogP) is 3.56. The van der Waals surface area contributed by atoms with Gasteiger partial charge in [0.05, 0.1) is 0 Å². The fourth-order valence-electron chi connectivity index (χ4n) is 2.19. The molecule has 0 radical (unpaired) electrons. The molecule has 0 heterocycles.